The smallest absolute Gasteiger partial charge is 0.264 e. The molecule has 41 heavy (non-hydrogen) atoms. The molecule has 0 aliphatic carbocycles. The number of rotatable bonds is 6. The second-order valence-corrected chi connectivity index (χ2v) is 10.7. The Bertz CT molecular complexity index is 1710. The predicted molar refractivity (Wildman–Crippen MR) is 159 cm³/mol. The number of nitrogens with zero attached hydrogens (tertiary/aromatic N) is 2. The fourth-order valence-electron chi connectivity index (χ4n) is 5.21. The average Bonchev–Trinajstić information content (AvgIpc) is 3.25. The number of hydrogen-bond acceptors (Lipinski definition) is 8. The Kier molecular flexibility index (Phi) is 6.67. The van der Waals surface area contributed by atoms with Crippen molar-refractivity contribution in [2.45, 2.75) is 17.2 Å². The molecule has 0 unspecified atom stereocenters. The van der Waals surface area contributed by atoms with E-state index in [0.717, 1.165) is 22.3 Å². The number of hydrogen-bond donors (Lipinski definition) is 1. The normalized spacial score (nSPS) is 16.0. The molecule has 1 atom stereocenters. The van der Waals surface area contributed by atoms with E-state index in [1.54, 1.807) is 33.5 Å². The summed E-state index contributed by atoms with van der Waals surface area (Å²) in [6.07, 6.45) is 0. The highest BCUT2D eigenvalue weighted by Crippen LogP contribution is 2.50. The SMILES string of the molecule is COc1cc(-c2cc(-c3ccccc3)nc3c2C(N)=C2C(=O)N(c4ccc(C)cc4)C(=O)[C@@H]2S3)cc(OC)c1OC. The van der Waals surface area contributed by atoms with Crippen LogP contribution in [-0.2, 0) is 9.59 Å². The van der Waals surface area contributed by atoms with Crippen LogP contribution in [0.5, 0.6) is 17.2 Å². The number of methoxy groups -OCH3 is 3. The number of ether oxygens (including phenoxy) is 3. The second-order valence-electron chi connectivity index (χ2n) is 9.65. The molecule has 0 spiro atoms. The van der Waals surface area contributed by atoms with Crippen molar-refractivity contribution in [2.24, 2.45) is 5.73 Å². The zero-order chi connectivity index (χ0) is 28.8. The van der Waals surface area contributed by atoms with Gasteiger partial charge in [0.25, 0.3) is 11.8 Å². The molecule has 1 aromatic heterocycles. The average molecular weight is 566 g/mol. The Balaban J connectivity index is 1.59. The first-order valence-electron chi connectivity index (χ1n) is 12.9. The lowest BCUT2D eigenvalue weighted by Gasteiger charge is -2.24. The van der Waals surface area contributed by atoms with Crippen LogP contribution in [0.3, 0.4) is 0 Å². The third-order valence-corrected chi connectivity index (χ3v) is 8.44. The van der Waals surface area contributed by atoms with Gasteiger partial charge < -0.3 is 19.9 Å². The number of nitrogens with two attached hydrogens (primary N) is 1. The van der Waals surface area contributed by atoms with Crippen molar-refractivity contribution in [3.8, 4) is 39.6 Å². The summed E-state index contributed by atoms with van der Waals surface area (Å²) in [4.78, 5) is 33.6. The summed E-state index contributed by atoms with van der Waals surface area (Å²) in [5.74, 6) is 0.630. The topological polar surface area (TPSA) is 104 Å². The number of amides is 2. The Morgan fingerprint density at radius 3 is 2.12 bits per heavy atom. The van der Waals surface area contributed by atoms with Crippen molar-refractivity contribution in [3.63, 3.8) is 0 Å². The maximum absolute atomic E-state index is 13.8. The molecule has 2 aliphatic rings. The lowest BCUT2D eigenvalue weighted by molar-refractivity contribution is -0.120. The van der Waals surface area contributed by atoms with Gasteiger partial charge in [-0.25, -0.2) is 9.88 Å². The molecule has 0 radical (unpaired) electrons. The largest absolute Gasteiger partial charge is 0.493 e. The molecule has 3 heterocycles. The molecule has 9 heteroatoms. The van der Waals surface area contributed by atoms with Gasteiger partial charge in [-0.1, -0.05) is 59.8 Å². The van der Waals surface area contributed by atoms with Crippen LogP contribution in [0.2, 0.25) is 0 Å². The van der Waals surface area contributed by atoms with Gasteiger partial charge in [0.05, 0.1) is 44.0 Å². The molecular weight excluding hydrogens is 538 g/mol. The first kappa shape index (κ1) is 26.5. The van der Waals surface area contributed by atoms with Crippen LogP contribution < -0.4 is 24.8 Å². The number of pyridine rings is 1. The minimum Gasteiger partial charge on any atom is -0.493 e. The van der Waals surface area contributed by atoms with Gasteiger partial charge in [-0.3, -0.25) is 9.59 Å². The molecule has 0 bridgehead atoms. The van der Waals surface area contributed by atoms with E-state index in [1.165, 1.54) is 16.7 Å². The fourth-order valence-corrected chi connectivity index (χ4v) is 6.48. The number of carbonyl (C=O) groups is 2. The number of carbonyl (C=O) groups excluding carboxylic acids is 2. The van der Waals surface area contributed by atoms with Crippen LogP contribution in [-0.4, -0.2) is 43.4 Å². The van der Waals surface area contributed by atoms with Gasteiger partial charge in [0, 0.05) is 11.1 Å². The zero-order valence-electron chi connectivity index (χ0n) is 22.9. The summed E-state index contributed by atoms with van der Waals surface area (Å²) in [7, 11) is 4.65. The lowest BCUT2D eigenvalue weighted by Crippen LogP contribution is -2.31. The molecule has 0 saturated carbocycles. The van der Waals surface area contributed by atoms with E-state index < -0.39 is 11.2 Å². The summed E-state index contributed by atoms with van der Waals surface area (Å²) in [6.45, 7) is 1.95. The minimum absolute atomic E-state index is 0.229. The molecule has 3 aromatic carbocycles. The highest BCUT2D eigenvalue weighted by atomic mass is 32.2. The van der Waals surface area contributed by atoms with Crippen LogP contribution in [0.1, 0.15) is 11.1 Å². The van der Waals surface area contributed by atoms with Gasteiger partial charge in [-0.2, -0.15) is 0 Å². The Morgan fingerprint density at radius 1 is 0.854 bits per heavy atom. The maximum Gasteiger partial charge on any atom is 0.264 e. The standard InChI is InChI=1S/C32H27N3O5S/c1-17-10-12-20(13-11-17)35-31(36)26-27(33)25-21(19-14-23(38-2)28(40-4)24(15-19)39-3)16-22(18-8-6-5-7-9-18)34-30(25)41-29(26)32(35)37/h5-16,29H,33H2,1-4H3/t29-/m1/s1. The number of aryl methyl sites for hydroxylation is 1. The molecule has 6 rings (SSSR count). The molecule has 2 amide bonds. The van der Waals surface area contributed by atoms with E-state index in [9.17, 15) is 9.59 Å². The zero-order valence-corrected chi connectivity index (χ0v) is 23.7. The monoisotopic (exact) mass is 565 g/mol. The number of aromatic nitrogens is 1. The number of fused-ring (bicyclic) bond motifs is 2. The molecule has 2 aliphatic heterocycles. The molecule has 2 N–H and O–H groups in total. The third kappa shape index (κ3) is 4.29. The first-order chi connectivity index (χ1) is 19.9. The van der Waals surface area contributed by atoms with Gasteiger partial charge >= 0.3 is 0 Å². The predicted octanol–water partition coefficient (Wildman–Crippen LogP) is 5.47. The third-order valence-electron chi connectivity index (χ3n) is 7.25. The molecule has 8 nitrogen and oxygen atoms in total. The van der Waals surface area contributed by atoms with Crippen molar-refractivity contribution in [1.82, 2.24) is 4.98 Å². The summed E-state index contributed by atoms with van der Waals surface area (Å²) in [6, 6.07) is 22.6. The summed E-state index contributed by atoms with van der Waals surface area (Å²) in [5.41, 5.74) is 12.5. The fraction of sp³-hybridized carbons (Fsp3) is 0.156. The Hall–Kier alpha value is -4.76. The highest BCUT2D eigenvalue weighted by Gasteiger charge is 2.49. The van der Waals surface area contributed by atoms with Crippen LogP contribution in [0.15, 0.2) is 83.4 Å². The van der Waals surface area contributed by atoms with Crippen LogP contribution in [0.4, 0.5) is 5.69 Å². The number of imide groups is 1. The summed E-state index contributed by atoms with van der Waals surface area (Å²) >= 11 is 1.24. The van der Waals surface area contributed by atoms with Crippen molar-refractivity contribution in [1.29, 1.82) is 0 Å². The summed E-state index contributed by atoms with van der Waals surface area (Å²) < 4.78 is 16.8. The van der Waals surface area contributed by atoms with Gasteiger partial charge in [0.15, 0.2) is 11.5 Å². The minimum atomic E-state index is -0.803. The van der Waals surface area contributed by atoms with E-state index in [-0.39, 0.29) is 17.2 Å². The molecular formula is C32H27N3O5S. The lowest BCUT2D eigenvalue weighted by atomic mass is 9.94. The van der Waals surface area contributed by atoms with Gasteiger partial charge in [0.2, 0.25) is 5.75 Å². The van der Waals surface area contributed by atoms with Crippen LogP contribution in [0, 0.1) is 6.92 Å². The number of thioether (sulfide) groups is 1. The van der Waals surface area contributed by atoms with E-state index in [2.05, 4.69) is 0 Å². The Labute approximate surface area is 241 Å². The van der Waals surface area contributed by atoms with Crippen molar-refractivity contribution >= 4 is 35.0 Å². The quantitative estimate of drug-likeness (QED) is 0.307. The molecule has 206 valence electrons. The van der Waals surface area contributed by atoms with E-state index in [4.69, 9.17) is 24.9 Å². The second kappa shape index (κ2) is 10.3. The van der Waals surface area contributed by atoms with E-state index in [1.807, 2.05) is 67.6 Å². The Morgan fingerprint density at radius 2 is 1.51 bits per heavy atom. The maximum atomic E-state index is 13.8. The van der Waals surface area contributed by atoms with Crippen molar-refractivity contribution < 1.29 is 23.8 Å². The van der Waals surface area contributed by atoms with Crippen LogP contribution in [0.25, 0.3) is 28.1 Å². The molecule has 1 fully saturated rings. The van der Waals surface area contributed by atoms with E-state index >= 15 is 0 Å². The van der Waals surface area contributed by atoms with Gasteiger partial charge in [-0.05, 0) is 48.4 Å². The molecule has 1 saturated heterocycles. The van der Waals surface area contributed by atoms with Gasteiger partial charge in [-0.15, -0.1) is 0 Å². The van der Waals surface area contributed by atoms with Crippen LogP contribution >= 0.6 is 11.8 Å². The van der Waals surface area contributed by atoms with Crippen molar-refractivity contribution in [2.75, 3.05) is 26.2 Å². The number of anilines is 1. The number of benzene rings is 3. The van der Waals surface area contributed by atoms with Gasteiger partial charge in [0.1, 0.15) is 10.3 Å². The van der Waals surface area contributed by atoms with Crippen molar-refractivity contribution in [3.05, 3.63) is 89.5 Å². The van der Waals surface area contributed by atoms with E-state index in [0.29, 0.717) is 39.2 Å². The first-order valence-corrected chi connectivity index (χ1v) is 13.8. The highest BCUT2D eigenvalue weighted by molar-refractivity contribution is 8.01. The molecule has 4 aromatic rings. The summed E-state index contributed by atoms with van der Waals surface area (Å²) in [5, 5.41) is -0.240.